The van der Waals surface area contributed by atoms with Gasteiger partial charge in [-0.25, -0.2) is 4.79 Å². The molecule has 0 aromatic rings. The van der Waals surface area contributed by atoms with Crippen molar-refractivity contribution >= 4 is 6.09 Å². The van der Waals surface area contributed by atoms with Crippen LogP contribution in [0, 0.1) is 12.3 Å². The molecule has 1 aliphatic heterocycles. The lowest BCUT2D eigenvalue weighted by atomic mass is 9.98. The summed E-state index contributed by atoms with van der Waals surface area (Å²) in [5.41, 5.74) is -0.755. The lowest BCUT2D eigenvalue weighted by Gasteiger charge is -2.42. The molecule has 12 heavy (non-hydrogen) atoms. The quantitative estimate of drug-likeness (QED) is 0.554. The molecule has 1 heterocycles. The van der Waals surface area contributed by atoms with Crippen molar-refractivity contribution in [1.29, 1.82) is 0 Å². The molecule has 0 bridgehead atoms. The first-order valence-corrected chi connectivity index (χ1v) is 3.63. The first-order valence-electron chi connectivity index (χ1n) is 3.63. The summed E-state index contributed by atoms with van der Waals surface area (Å²) in [5, 5.41) is 9.27. The number of hydrogen-bond donors (Lipinski definition) is 1. The van der Waals surface area contributed by atoms with E-state index in [-0.39, 0.29) is 6.61 Å². The first kappa shape index (κ1) is 8.88. The topological polar surface area (TPSA) is 49.8 Å². The maximum atomic E-state index is 11.0. The minimum absolute atomic E-state index is 0.0164. The zero-order chi connectivity index (χ0) is 9.19. The maximum Gasteiger partial charge on any atom is 0.410 e. The van der Waals surface area contributed by atoms with Gasteiger partial charge < -0.3 is 14.7 Å². The number of hydrogen-bond acceptors (Lipinski definition) is 3. The van der Waals surface area contributed by atoms with E-state index in [1.807, 2.05) is 0 Å². The molecule has 0 unspecified atom stereocenters. The third-order valence-corrected chi connectivity index (χ3v) is 1.60. The summed E-state index contributed by atoms with van der Waals surface area (Å²) in [5.74, 6) is 2.19. The van der Waals surface area contributed by atoms with E-state index in [1.54, 1.807) is 6.92 Å². The lowest BCUT2D eigenvalue weighted by molar-refractivity contribution is -0.0737. The number of amides is 1. The summed E-state index contributed by atoms with van der Waals surface area (Å²) in [6, 6.07) is 0. The number of rotatable bonds is 1. The molecular formula is C8H11NO3. The number of carbonyl (C=O) groups excluding carboxylic acids is 1. The fourth-order valence-corrected chi connectivity index (χ4v) is 1.10. The van der Waals surface area contributed by atoms with Crippen LogP contribution in [0.25, 0.3) is 0 Å². The highest BCUT2D eigenvalue weighted by Gasteiger charge is 2.40. The van der Waals surface area contributed by atoms with E-state index >= 15 is 0 Å². The SMILES string of the molecule is C#CCOC(=O)N1CC(C)(O)C1. The first-order chi connectivity index (χ1) is 5.55. The molecule has 0 radical (unpaired) electrons. The molecule has 66 valence electrons. The van der Waals surface area contributed by atoms with Crippen LogP contribution in [0.5, 0.6) is 0 Å². The molecule has 1 aliphatic rings. The van der Waals surface area contributed by atoms with Gasteiger partial charge in [-0.15, -0.1) is 6.42 Å². The number of aliphatic hydroxyl groups is 1. The van der Waals surface area contributed by atoms with Crippen molar-refractivity contribution < 1.29 is 14.6 Å². The van der Waals surface area contributed by atoms with Gasteiger partial charge in [-0.05, 0) is 6.92 Å². The van der Waals surface area contributed by atoms with Crippen LogP contribution in [0.2, 0.25) is 0 Å². The molecule has 0 aliphatic carbocycles. The third-order valence-electron chi connectivity index (χ3n) is 1.60. The summed E-state index contributed by atoms with van der Waals surface area (Å²) in [6.07, 6.45) is 4.44. The van der Waals surface area contributed by atoms with E-state index in [0.717, 1.165) is 0 Å². The molecule has 1 N–H and O–H groups in total. The summed E-state index contributed by atoms with van der Waals surface area (Å²) in [6.45, 7) is 2.28. The second kappa shape index (κ2) is 3.03. The highest BCUT2D eigenvalue weighted by Crippen LogP contribution is 2.19. The molecule has 0 atom stereocenters. The van der Waals surface area contributed by atoms with Crippen molar-refractivity contribution in [1.82, 2.24) is 4.90 Å². The number of nitrogens with zero attached hydrogens (tertiary/aromatic N) is 1. The van der Waals surface area contributed by atoms with Crippen molar-refractivity contribution in [2.75, 3.05) is 19.7 Å². The van der Waals surface area contributed by atoms with Crippen molar-refractivity contribution in [2.24, 2.45) is 0 Å². The highest BCUT2D eigenvalue weighted by atomic mass is 16.6. The molecule has 4 nitrogen and oxygen atoms in total. The second-order valence-corrected chi connectivity index (χ2v) is 3.11. The Hall–Kier alpha value is -1.21. The van der Waals surface area contributed by atoms with Crippen molar-refractivity contribution in [3.05, 3.63) is 0 Å². The van der Waals surface area contributed by atoms with Gasteiger partial charge >= 0.3 is 6.09 Å². The number of ether oxygens (including phenoxy) is 1. The molecule has 1 saturated heterocycles. The maximum absolute atomic E-state index is 11.0. The van der Waals surface area contributed by atoms with E-state index in [4.69, 9.17) is 6.42 Å². The summed E-state index contributed by atoms with van der Waals surface area (Å²) in [7, 11) is 0. The van der Waals surface area contributed by atoms with E-state index in [0.29, 0.717) is 13.1 Å². The fourth-order valence-electron chi connectivity index (χ4n) is 1.10. The number of β-amino-alcohol motifs (C(OH)–C–C–N with tert-alkyl or cyclic N) is 1. The van der Waals surface area contributed by atoms with Crippen LogP contribution in [-0.4, -0.2) is 41.4 Å². The molecule has 0 aromatic heterocycles. The molecule has 1 fully saturated rings. The Morgan fingerprint density at radius 3 is 2.83 bits per heavy atom. The highest BCUT2D eigenvalue weighted by molar-refractivity contribution is 5.69. The van der Waals surface area contributed by atoms with Crippen molar-refractivity contribution in [3.8, 4) is 12.3 Å². The standard InChI is InChI=1S/C8H11NO3/c1-3-4-12-7(10)9-5-8(2,11)6-9/h1,11H,4-6H2,2H3. The van der Waals surface area contributed by atoms with Crippen LogP contribution in [0.4, 0.5) is 4.79 Å². The van der Waals surface area contributed by atoms with Gasteiger partial charge in [-0.2, -0.15) is 0 Å². The molecule has 0 aromatic carbocycles. The van der Waals surface area contributed by atoms with Gasteiger partial charge in [0.05, 0.1) is 18.7 Å². The van der Waals surface area contributed by atoms with Crippen LogP contribution in [-0.2, 0) is 4.74 Å². The predicted octanol–water partition coefficient (Wildman–Crippen LogP) is -0.177. The number of carbonyl (C=O) groups is 1. The number of likely N-dealkylation sites (tertiary alicyclic amines) is 1. The normalized spacial score (nSPS) is 19.2. The van der Waals surface area contributed by atoms with Crippen molar-refractivity contribution in [2.45, 2.75) is 12.5 Å². The second-order valence-electron chi connectivity index (χ2n) is 3.11. The van der Waals surface area contributed by atoms with Gasteiger partial charge in [0.15, 0.2) is 6.61 Å². The Labute approximate surface area is 71.1 Å². The van der Waals surface area contributed by atoms with Gasteiger partial charge in [0.2, 0.25) is 0 Å². The minimum Gasteiger partial charge on any atom is -0.436 e. The average Bonchev–Trinajstić information content (AvgIpc) is 1.95. The third kappa shape index (κ3) is 1.89. The van der Waals surface area contributed by atoms with Gasteiger partial charge in [-0.1, -0.05) is 5.92 Å². The molecule has 1 amide bonds. The van der Waals surface area contributed by atoms with Gasteiger partial charge in [0.1, 0.15) is 0 Å². The Kier molecular flexibility index (Phi) is 2.25. The van der Waals surface area contributed by atoms with Crippen LogP contribution < -0.4 is 0 Å². The zero-order valence-electron chi connectivity index (χ0n) is 6.91. The van der Waals surface area contributed by atoms with Gasteiger partial charge in [-0.3, -0.25) is 0 Å². The Morgan fingerprint density at radius 1 is 1.83 bits per heavy atom. The lowest BCUT2D eigenvalue weighted by Crippen LogP contribution is -2.61. The molecule has 1 rings (SSSR count). The predicted molar refractivity (Wildman–Crippen MR) is 42.4 cm³/mol. The largest absolute Gasteiger partial charge is 0.436 e. The monoisotopic (exact) mass is 169 g/mol. The Bertz CT molecular complexity index is 221. The van der Waals surface area contributed by atoms with Gasteiger partial charge in [0, 0.05) is 0 Å². The number of terminal acetylenes is 1. The van der Waals surface area contributed by atoms with E-state index in [2.05, 4.69) is 10.7 Å². The Balaban J connectivity index is 2.25. The molecule has 0 spiro atoms. The van der Waals surface area contributed by atoms with Gasteiger partial charge in [0.25, 0.3) is 0 Å². The van der Waals surface area contributed by atoms with Crippen LogP contribution in [0.1, 0.15) is 6.92 Å². The van der Waals surface area contributed by atoms with E-state index < -0.39 is 11.7 Å². The minimum atomic E-state index is -0.755. The summed E-state index contributed by atoms with van der Waals surface area (Å²) in [4.78, 5) is 12.4. The molecule has 4 heteroatoms. The fraction of sp³-hybridized carbons (Fsp3) is 0.625. The van der Waals surface area contributed by atoms with Crippen LogP contribution in [0.3, 0.4) is 0 Å². The van der Waals surface area contributed by atoms with E-state index in [9.17, 15) is 9.90 Å². The molecule has 0 saturated carbocycles. The van der Waals surface area contributed by atoms with Crippen molar-refractivity contribution in [3.63, 3.8) is 0 Å². The Morgan fingerprint density at radius 2 is 2.42 bits per heavy atom. The average molecular weight is 169 g/mol. The smallest absolute Gasteiger partial charge is 0.410 e. The zero-order valence-corrected chi connectivity index (χ0v) is 6.91. The van der Waals surface area contributed by atoms with Crippen LogP contribution in [0.15, 0.2) is 0 Å². The summed E-state index contributed by atoms with van der Waals surface area (Å²) >= 11 is 0. The van der Waals surface area contributed by atoms with Crippen LogP contribution >= 0.6 is 0 Å². The molecular weight excluding hydrogens is 158 g/mol. The summed E-state index contributed by atoms with van der Waals surface area (Å²) < 4.78 is 4.63. The van der Waals surface area contributed by atoms with E-state index in [1.165, 1.54) is 4.90 Å².